The van der Waals surface area contributed by atoms with Gasteiger partial charge in [-0.2, -0.15) is 5.10 Å². The number of rotatable bonds is 7. The van der Waals surface area contributed by atoms with Crippen LogP contribution in [0.1, 0.15) is 31.0 Å². The lowest BCUT2D eigenvalue weighted by Gasteiger charge is -2.14. The Morgan fingerprint density at radius 2 is 1.75 bits per heavy atom. The molecule has 0 spiro atoms. The molecular weight excluding hydrogens is 398 g/mol. The van der Waals surface area contributed by atoms with Crippen LogP contribution in [0.5, 0.6) is 0 Å². The van der Waals surface area contributed by atoms with Gasteiger partial charge in [0.15, 0.2) is 0 Å². The van der Waals surface area contributed by atoms with E-state index in [0.29, 0.717) is 17.3 Å². The number of hydrogen-bond donors (Lipinski definition) is 1. The number of nitrogens with zero attached hydrogens (tertiary/aromatic N) is 2. The molecule has 0 aliphatic rings. The maximum absolute atomic E-state index is 12.8. The van der Waals surface area contributed by atoms with Crippen molar-refractivity contribution in [3.8, 4) is 5.69 Å². The van der Waals surface area contributed by atoms with E-state index in [0.717, 1.165) is 16.9 Å². The van der Waals surface area contributed by atoms with Crippen molar-refractivity contribution in [2.75, 3.05) is 11.8 Å². The summed E-state index contributed by atoms with van der Waals surface area (Å²) in [7, 11) is -2.15. The summed E-state index contributed by atoms with van der Waals surface area (Å²) in [6.45, 7) is 4.40. The van der Waals surface area contributed by atoms with Gasteiger partial charge in [-0.25, -0.2) is 13.1 Å². The molecule has 0 aliphatic carbocycles. The predicted octanol–water partition coefficient (Wildman–Crippen LogP) is 4.60. The molecule has 3 aromatic rings. The monoisotopic (exact) mass is 419 g/mol. The molecule has 148 valence electrons. The number of ether oxygens (including phenoxy) is 1. The lowest BCUT2D eigenvalue weighted by atomic mass is 10.1. The van der Waals surface area contributed by atoms with E-state index < -0.39 is 10.0 Å². The van der Waals surface area contributed by atoms with Gasteiger partial charge in [-0.15, -0.1) is 0 Å². The molecule has 0 atom stereocenters. The third kappa shape index (κ3) is 4.38. The summed E-state index contributed by atoms with van der Waals surface area (Å²) < 4.78 is 35.1. The molecule has 0 amide bonds. The van der Waals surface area contributed by atoms with Gasteiger partial charge >= 0.3 is 0 Å². The third-order valence-electron chi connectivity index (χ3n) is 4.21. The first kappa shape index (κ1) is 20.4. The van der Waals surface area contributed by atoms with Crippen molar-refractivity contribution < 1.29 is 13.2 Å². The highest BCUT2D eigenvalue weighted by atomic mass is 35.5. The maximum Gasteiger partial charge on any atom is 0.262 e. The highest BCUT2D eigenvalue weighted by molar-refractivity contribution is 7.92. The third-order valence-corrected chi connectivity index (χ3v) is 5.85. The fraction of sp³-hybridized carbons (Fsp3) is 0.250. The molecule has 0 radical (unpaired) electrons. The first-order valence-electron chi connectivity index (χ1n) is 8.76. The summed E-state index contributed by atoms with van der Waals surface area (Å²) in [5, 5.41) is 5.01. The smallest absolute Gasteiger partial charge is 0.262 e. The Morgan fingerprint density at radius 3 is 2.32 bits per heavy atom. The summed E-state index contributed by atoms with van der Waals surface area (Å²) in [5.41, 5.74) is 2.93. The number of halogens is 1. The molecule has 0 fully saturated rings. The number of anilines is 1. The van der Waals surface area contributed by atoms with Gasteiger partial charge < -0.3 is 4.74 Å². The zero-order valence-electron chi connectivity index (χ0n) is 15.9. The lowest BCUT2D eigenvalue weighted by Crippen LogP contribution is -2.15. The largest absolute Gasteiger partial charge is 0.380 e. The second-order valence-corrected chi connectivity index (χ2v) is 8.79. The summed E-state index contributed by atoms with van der Waals surface area (Å²) in [6.07, 6.45) is 1.53. The van der Waals surface area contributed by atoms with Gasteiger partial charge in [0.25, 0.3) is 10.0 Å². The van der Waals surface area contributed by atoms with Crippen LogP contribution in [-0.4, -0.2) is 25.3 Å². The second-order valence-electron chi connectivity index (χ2n) is 6.67. The summed E-state index contributed by atoms with van der Waals surface area (Å²) >= 11 is 5.96. The molecule has 0 unspecified atom stereocenters. The van der Waals surface area contributed by atoms with Crippen molar-refractivity contribution >= 4 is 27.3 Å². The average molecular weight is 420 g/mol. The summed E-state index contributed by atoms with van der Waals surface area (Å²) in [5.74, 6) is 0.0416. The number of aromatic nitrogens is 2. The Hall–Kier alpha value is -2.35. The van der Waals surface area contributed by atoms with E-state index in [9.17, 15) is 8.42 Å². The van der Waals surface area contributed by atoms with E-state index in [1.54, 1.807) is 48.2 Å². The highest BCUT2D eigenvalue weighted by Crippen LogP contribution is 2.29. The van der Waals surface area contributed by atoms with Crippen molar-refractivity contribution in [2.45, 2.75) is 31.3 Å². The van der Waals surface area contributed by atoms with Crippen LogP contribution in [0.4, 0.5) is 5.69 Å². The van der Waals surface area contributed by atoms with Crippen molar-refractivity contribution in [1.82, 2.24) is 9.78 Å². The molecule has 0 saturated heterocycles. The van der Waals surface area contributed by atoms with E-state index in [1.165, 1.54) is 6.20 Å². The first-order chi connectivity index (χ1) is 13.3. The molecule has 0 saturated carbocycles. The van der Waals surface area contributed by atoms with Crippen molar-refractivity contribution in [3.63, 3.8) is 0 Å². The van der Waals surface area contributed by atoms with Crippen LogP contribution < -0.4 is 4.72 Å². The fourth-order valence-corrected chi connectivity index (χ4v) is 4.10. The van der Waals surface area contributed by atoms with Gasteiger partial charge in [0.05, 0.1) is 34.8 Å². The number of hydrogen-bond acceptors (Lipinski definition) is 4. The molecule has 3 rings (SSSR count). The minimum Gasteiger partial charge on any atom is -0.380 e. The van der Waals surface area contributed by atoms with Crippen LogP contribution in [0.2, 0.25) is 5.02 Å². The molecule has 6 nitrogen and oxygen atoms in total. The summed E-state index contributed by atoms with van der Waals surface area (Å²) in [6, 6.07) is 13.8. The predicted molar refractivity (Wildman–Crippen MR) is 111 cm³/mol. The van der Waals surface area contributed by atoms with E-state index in [-0.39, 0.29) is 10.8 Å². The highest BCUT2D eigenvalue weighted by Gasteiger charge is 2.21. The Morgan fingerprint density at radius 1 is 1.11 bits per heavy atom. The minimum absolute atomic E-state index is 0.0416. The Labute approximate surface area is 170 Å². The standard InChI is InChI=1S/C20H22ClN3O3S/c1-14(2)20-19(12-22-24(20)17-8-6-16(21)7-9-17)23-28(25,26)18-10-4-15(5-11-18)13-27-3/h4-12,14,23H,13H2,1-3H3. The van der Waals surface area contributed by atoms with Gasteiger partial charge in [0.2, 0.25) is 0 Å². The van der Waals surface area contributed by atoms with Gasteiger partial charge in [0, 0.05) is 12.1 Å². The van der Waals surface area contributed by atoms with Crippen molar-refractivity contribution in [3.05, 3.63) is 71.0 Å². The van der Waals surface area contributed by atoms with E-state index in [4.69, 9.17) is 16.3 Å². The van der Waals surface area contributed by atoms with Gasteiger partial charge in [-0.05, 0) is 47.9 Å². The zero-order valence-corrected chi connectivity index (χ0v) is 17.5. The van der Waals surface area contributed by atoms with Crippen LogP contribution in [-0.2, 0) is 21.4 Å². The fourth-order valence-electron chi connectivity index (χ4n) is 2.92. The van der Waals surface area contributed by atoms with E-state index in [1.807, 2.05) is 26.0 Å². The lowest BCUT2D eigenvalue weighted by molar-refractivity contribution is 0.185. The first-order valence-corrected chi connectivity index (χ1v) is 10.6. The molecule has 1 aromatic heterocycles. The number of benzene rings is 2. The SMILES string of the molecule is COCc1ccc(S(=O)(=O)Nc2cnn(-c3ccc(Cl)cc3)c2C(C)C)cc1. The molecule has 8 heteroatoms. The second kappa shape index (κ2) is 8.34. The van der Waals surface area contributed by atoms with Crippen LogP contribution >= 0.6 is 11.6 Å². The molecule has 0 bridgehead atoms. The molecular formula is C20H22ClN3O3S. The Kier molecular flexibility index (Phi) is 6.07. The Balaban J connectivity index is 1.94. The topological polar surface area (TPSA) is 73.2 Å². The van der Waals surface area contributed by atoms with Crippen molar-refractivity contribution in [1.29, 1.82) is 0 Å². The van der Waals surface area contributed by atoms with Gasteiger partial charge in [-0.3, -0.25) is 4.72 Å². The zero-order chi connectivity index (χ0) is 20.3. The quantitative estimate of drug-likeness (QED) is 0.607. The minimum atomic E-state index is -3.74. The van der Waals surface area contributed by atoms with E-state index in [2.05, 4.69) is 9.82 Å². The Bertz CT molecular complexity index is 1040. The van der Waals surface area contributed by atoms with Crippen LogP contribution in [0.3, 0.4) is 0 Å². The summed E-state index contributed by atoms with van der Waals surface area (Å²) in [4.78, 5) is 0.182. The van der Waals surface area contributed by atoms with Gasteiger partial charge in [0.1, 0.15) is 0 Å². The van der Waals surface area contributed by atoms with Crippen LogP contribution in [0.15, 0.2) is 59.6 Å². The molecule has 28 heavy (non-hydrogen) atoms. The van der Waals surface area contributed by atoms with Crippen LogP contribution in [0, 0.1) is 0 Å². The number of methoxy groups -OCH3 is 1. The average Bonchev–Trinajstić information content (AvgIpc) is 3.06. The number of sulfonamides is 1. The van der Waals surface area contributed by atoms with Crippen molar-refractivity contribution in [2.24, 2.45) is 0 Å². The number of nitrogens with one attached hydrogen (secondary N) is 1. The molecule has 1 N–H and O–H groups in total. The maximum atomic E-state index is 12.8. The molecule has 2 aromatic carbocycles. The molecule has 1 heterocycles. The van der Waals surface area contributed by atoms with E-state index >= 15 is 0 Å². The van der Waals surface area contributed by atoms with Gasteiger partial charge in [-0.1, -0.05) is 37.6 Å². The van der Waals surface area contributed by atoms with Crippen LogP contribution in [0.25, 0.3) is 5.69 Å². The molecule has 0 aliphatic heterocycles. The normalized spacial score (nSPS) is 11.8.